The van der Waals surface area contributed by atoms with E-state index in [2.05, 4.69) is 37.5 Å². The van der Waals surface area contributed by atoms with Gasteiger partial charge in [0.05, 0.1) is 12.1 Å². The average molecular weight is 549 g/mol. The van der Waals surface area contributed by atoms with Gasteiger partial charge in [0.1, 0.15) is 11.2 Å². The number of nitrogens with zero attached hydrogens (tertiary/aromatic N) is 1. The number of nitrogens with one attached hydrogen (secondary N) is 2. The molecule has 2 fully saturated rings. The molecule has 2 unspecified atom stereocenters. The van der Waals surface area contributed by atoms with Crippen molar-refractivity contribution in [3.05, 3.63) is 99.5 Å². The summed E-state index contributed by atoms with van der Waals surface area (Å²) in [6.07, 6.45) is 0.769. The monoisotopic (exact) mass is 547 g/mol. The highest BCUT2D eigenvalue weighted by molar-refractivity contribution is 6.30. The molecule has 1 saturated carbocycles. The first-order chi connectivity index (χ1) is 18.0. The van der Waals surface area contributed by atoms with Crippen LogP contribution in [0.15, 0.2) is 72.8 Å². The van der Waals surface area contributed by atoms with Crippen LogP contribution in [0.1, 0.15) is 49.8 Å². The van der Waals surface area contributed by atoms with Crippen LogP contribution in [0.5, 0.6) is 5.75 Å². The van der Waals surface area contributed by atoms with Gasteiger partial charge >= 0.3 is 0 Å². The highest BCUT2D eigenvalue weighted by Gasteiger charge is 2.78. The normalized spacial score (nSPS) is 28.2. The number of phenolic OH excluding ortho intramolecular Hbond substituents is 1. The second-order valence-corrected chi connectivity index (χ2v) is 12.4. The number of amides is 1. The second kappa shape index (κ2) is 9.61. The zero-order valence-electron chi connectivity index (χ0n) is 21.6. The Bertz CT molecular complexity index is 1390. The van der Waals surface area contributed by atoms with Gasteiger partial charge in [-0.2, -0.15) is 5.26 Å². The third-order valence-electron chi connectivity index (χ3n) is 8.29. The van der Waals surface area contributed by atoms with E-state index in [0.717, 1.165) is 23.1 Å². The number of nitriles is 1. The topological polar surface area (TPSA) is 85.2 Å². The Morgan fingerprint density at radius 2 is 1.76 bits per heavy atom. The van der Waals surface area contributed by atoms with E-state index < -0.39 is 22.9 Å². The quantitative estimate of drug-likeness (QED) is 0.348. The fourth-order valence-corrected chi connectivity index (χ4v) is 6.89. The first kappa shape index (κ1) is 26.6. The molecule has 0 radical (unpaired) electrons. The van der Waals surface area contributed by atoms with Crippen LogP contribution in [-0.2, 0) is 16.8 Å². The van der Waals surface area contributed by atoms with Crippen LogP contribution < -0.4 is 10.6 Å². The van der Waals surface area contributed by atoms with Crippen LogP contribution in [0.3, 0.4) is 0 Å². The van der Waals surface area contributed by atoms with Gasteiger partial charge in [-0.25, -0.2) is 0 Å². The van der Waals surface area contributed by atoms with Crippen LogP contribution in [0.2, 0.25) is 10.0 Å². The maximum atomic E-state index is 13.9. The van der Waals surface area contributed by atoms with Gasteiger partial charge in [-0.1, -0.05) is 80.4 Å². The minimum atomic E-state index is -1.04. The highest BCUT2D eigenvalue weighted by atomic mass is 35.5. The van der Waals surface area contributed by atoms with Crippen molar-refractivity contribution >= 4 is 29.1 Å². The molecule has 5 rings (SSSR count). The number of benzene rings is 3. The van der Waals surface area contributed by atoms with Gasteiger partial charge in [0.25, 0.3) is 0 Å². The summed E-state index contributed by atoms with van der Waals surface area (Å²) in [5.74, 6) is -0.348. The molecule has 5 atom stereocenters. The molecule has 3 N–H and O–H groups in total. The lowest BCUT2D eigenvalue weighted by molar-refractivity contribution is -0.123. The van der Waals surface area contributed by atoms with Crippen molar-refractivity contribution < 1.29 is 9.90 Å². The second-order valence-electron chi connectivity index (χ2n) is 11.6. The van der Waals surface area contributed by atoms with Gasteiger partial charge in [-0.05, 0) is 70.8 Å². The zero-order chi connectivity index (χ0) is 27.3. The third kappa shape index (κ3) is 4.35. The van der Waals surface area contributed by atoms with Gasteiger partial charge in [0, 0.05) is 28.0 Å². The molecule has 1 saturated heterocycles. The molecule has 5 nitrogen and oxygen atoms in total. The van der Waals surface area contributed by atoms with Gasteiger partial charge < -0.3 is 10.4 Å². The van der Waals surface area contributed by atoms with E-state index >= 15 is 0 Å². The first-order valence-corrected chi connectivity index (χ1v) is 13.5. The number of carbonyl (C=O) groups excluding carboxylic acids is 1. The number of rotatable bonds is 5. The molecule has 7 heteroatoms. The largest absolute Gasteiger partial charge is 0.508 e. The third-order valence-corrected chi connectivity index (χ3v) is 8.78. The smallest absolute Gasteiger partial charge is 0.238 e. The molecule has 38 heavy (non-hydrogen) atoms. The summed E-state index contributed by atoms with van der Waals surface area (Å²) in [6.45, 7) is 6.86. The van der Waals surface area contributed by atoms with Crippen LogP contribution >= 0.6 is 23.2 Å². The lowest BCUT2D eigenvalue weighted by Crippen LogP contribution is -2.48. The SMILES string of the molecule is CC(C)(C)C1CC12N[C@@H](C(=O)NCc1ccc(O)cc1)[C@H](c1cccc(Cl)c1)[C@@]2(C#N)c1ccc(Cl)cc1. The number of hydrogen-bond acceptors (Lipinski definition) is 4. The summed E-state index contributed by atoms with van der Waals surface area (Å²) in [4.78, 5) is 13.9. The summed E-state index contributed by atoms with van der Waals surface area (Å²) in [5.41, 5.74) is 0.802. The van der Waals surface area contributed by atoms with Gasteiger partial charge in [0.15, 0.2) is 0 Å². The molecule has 1 aliphatic carbocycles. The predicted molar refractivity (Wildman–Crippen MR) is 150 cm³/mol. The lowest BCUT2D eigenvalue weighted by Gasteiger charge is -2.37. The van der Waals surface area contributed by atoms with E-state index in [1.54, 1.807) is 30.3 Å². The molecule has 1 aliphatic heterocycles. The fourth-order valence-electron chi connectivity index (χ4n) is 6.56. The molecule has 1 heterocycles. The average Bonchev–Trinajstić information content (AvgIpc) is 3.55. The van der Waals surface area contributed by atoms with Crippen LogP contribution in [0.4, 0.5) is 0 Å². The molecule has 196 valence electrons. The zero-order valence-corrected chi connectivity index (χ0v) is 23.1. The Morgan fingerprint density at radius 3 is 2.34 bits per heavy atom. The summed E-state index contributed by atoms with van der Waals surface area (Å²) in [7, 11) is 0. The molecule has 3 aromatic rings. The van der Waals surface area contributed by atoms with Crippen molar-refractivity contribution in [2.45, 2.75) is 56.7 Å². The molecule has 1 amide bonds. The highest BCUT2D eigenvalue weighted by Crippen LogP contribution is 2.70. The summed E-state index contributed by atoms with van der Waals surface area (Å²) < 4.78 is 0. The predicted octanol–water partition coefficient (Wildman–Crippen LogP) is 6.34. The minimum absolute atomic E-state index is 0.0855. The van der Waals surface area contributed by atoms with Crippen molar-refractivity contribution in [1.29, 1.82) is 5.26 Å². The van der Waals surface area contributed by atoms with Crippen molar-refractivity contribution in [1.82, 2.24) is 10.6 Å². The molecule has 1 spiro atoms. The summed E-state index contributed by atoms with van der Waals surface area (Å²) in [6, 6.07) is 23.8. The summed E-state index contributed by atoms with van der Waals surface area (Å²) in [5, 5.41) is 28.7. The number of phenols is 1. The van der Waals surface area contributed by atoms with Crippen LogP contribution in [0.25, 0.3) is 0 Å². The van der Waals surface area contributed by atoms with E-state index in [-0.39, 0.29) is 23.0 Å². The van der Waals surface area contributed by atoms with Crippen molar-refractivity contribution in [2.75, 3.05) is 0 Å². The first-order valence-electron chi connectivity index (χ1n) is 12.8. The maximum Gasteiger partial charge on any atom is 0.238 e. The van der Waals surface area contributed by atoms with Crippen molar-refractivity contribution in [2.24, 2.45) is 11.3 Å². The van der Waals surface area contributed by atoms with Crippen molar-refractivity contribution in [3.63, 3.8) is 0 Å². The van der Waals surface area contributed by atoms with Crippen LogP contribution in [-0.4, -0.2) is 22.6 Å². The van der Waals surface area contributed by atoms with E-state index in [1.165, 1.54) is 0 Å². The molecule has 2 aliphatic rings. The van der Waals surface area contributed by atoms with E-state index in [0.29, 0.717) is 16.6 Å². The standard InChI is InChI=1S/C31H31Cl2N3O2/c1-29(2,3)25-16-31(25)30(18-34,21-9-11-22(32)12-10-21)26(20-5-4-6-23(33)15-20)27(36-31)28(38)35-17-19-7-13-24(37)14-8-19/h4-15,25-27,36-37H,16-17H2,1-3H3,(H,35,38)/t25?,26-,27+,30+,31?/m0/s1. The lowest BCUT2D eigenvalue weighted by atomic mass is 9.62. The van der Waals surface area contributed by atoms with Crippen molar-refractivity contribution in [3.8, 4) is 11.8 Å². The Balaban J connectivity index is 1.64. The molecule has 3 aromatic carbocycles. The molecular formula is C31H31Cl2N3O2. The van der Waals surface area contributed by atoms with Crippen LogP contribution in [0, 0.1) is 22.7 Å². The maximum absolute atomic E-state index is 13.9. The summed E-state index contributed by atoms with van der Waals surface area (Å²) >= 11 is 12.7. The minimum Gasteiger partial charge on any atom is -0.508 e. The Morgan fingerprint density at radius 1 is 1.08 bits per heavy atom. The molecule has 0 aromatic heterocycles. The molecular weight excluding hydrogens is 517 g/mol. The van der Waals surface area contributed by atoms with Gasteiger partial charge in [-0.3, -0.25) is 10.1 Å². The number of halogens is 2. The Labute approximate surface area is 233 Å². The number of carbonyl (C=O) groups is 1. The fraction of sp³-hybridized carbons (Fsp3) is 0.355. The van der Waals surface area contributed by atoms with Gasteiger partial charge in [-0.15, -0.1) is 0 Å². The Hall–Kier alpha value is -3.04. The van der Waals surface area contributed by atoms with E-state index in [9.17, 15) is 15.2 Å². The Kier molecular flexibility index (Phi) is 6.72. The van der Waals surface area contributed by atoms with E-state index in [4.69, 9.17) is 23.2 Å². The number of hydrogen-bond donors (Lipinski definition) is 3. The molecule has 0 bridgehead atoms. The van der Waals surface area contributed by atoms with Gasteiger partial charge in [0.2, 0.25) is 5.91 Å². The number of aromatic hydroxyl groups is 1. The van der Waals surface area contributed by atoms with E-state index in [1.807, 2.05) is 42.5 Å².